The molecule has 0 radical (unpaired) electrons. The number of carbonyl (C=O) groups excluding carboxylic acids is 1. The van der Waals surface area contributed by atoms with Crippen LogP contribution >= 0.6 is 0 Å². The summed E-state index contributed by atoms with van der Waals surface area (Å²) in [5.74, 6) is -1.66. The topological polar surface area (TPSA) is 71.7 Å². The van der Waals surface area contributed by atoms with Gasteiger partial charge in [0.2, 0.25) is 0 Å². The van der Waals surface area contributed by atoms with Gasteiger partial charge in [0.25, 0.3) is 0 Å². The number of hydrogen-bond acceptors (Lipinski definition) is 3. The number of aryl methyl sites for hydroxylation is 1. The zero-order chi connectivity index (χ0) is 14.0. The monoisotopic (exact) mass is 260 g/mol. The SMILES string of the molecule is CCc1cc2c(C(=O)C(C)CC(=O)O)cccn2n1. The van der Waals surface area contributed by atoms with Crippen LogP contribution in [0.3, 0.4) is 0 Å². The largest absolute Gasteiger partial charge is 0.481 e. The number of hydrogen-bond donors (Lipinski definition) is 1. The van der Waals surface area contributed by atoms with Gasteiger partial charge < -0.3 is 5.11 Å². The second-order valence-corrected chi connectivity index (χ2v) is 4.60. The summed E-state index contributed by atoms with van der Waals surface area (Å²) < 4.78 is 1.67. The average molecular weight is 260 g/mol. The van der Waals surface area contributed by atoms with Crippen LogP contribution in [0.1, 0.15) is 36.3 Å². The third-order valence-electron chi connectivity index (χ3n) is 3.11. The molecule has 100 valence electrons. The third-order valence-corrected chi connectivity index (χ3v) is 3.11. The number of rotatable bonds is 5. The maximum atomic E-state index is 12.3. The van der Waals surface area contributed by atoms with Gasteiger partial charge in [-0.1, -0.05) is 13.8 Å². The van der Waals surface area contributed by atoms with E-state index in [4.69, 9.17) is 5.11 Å². The molecule has 2 aromatic heterocycles. The third kappa shape index (κ3) is 2.65. The minimum absolute atomic E-state index is 0.157. The molecule has 0 aromatic carbocycles. The van der Waals surface area contributed by atoms with E-state index in [9.17, 15) is 9.59 Å². The Morgan fingerprint density at radius 2 is 2.21 bits per heavy atom. The summed E-state index contributed by atoms with van der Waals surface area (Å²) in [6, 6.07) is 5.35. The lowest BCUT2D eigenvalue weighted by molar-refractivity contribution is -0.137. The highest BCUT2D eigenvalue weighted by molar-refractivity contribution is 6.04. The second kappa shape index (κ2) is 5.22. The summed E-state index contributed by atoms with van der Waals surface area (Å²) in [5.41, 5.74) is 2.18. The lowest BCUT2D eigenvalue weighted by Gasteiger charge is -2.08. The molecule has 1 atom stereocenters. The predicted molar refractivity (Wildman–Crippen MR) is 70.3 cm³/mol. The van der Waals surface area contributed by atoms with Gasteiger partial charge in [-0.05, 0) is 24.6 Å². The summed E-state index contributed by atoms with van der Waals surface area (Å²) >= 11 is 0. The zero-order valence-corrected chi connectivity index (χ0v) is 11.0. The molecule has 2 rings (SSSR count). The Bertz CT molecular complexity index is 631. The van der Waals surface area contributed by atoms with Crippen molar-refractivity contribution in [3.63, 3.8) is 0 Å². The van der Waals surface area contributed by atoms with Crippen molar-refractivity contribution >= 4 is 17.3 Å². The summed E-state index contributed by atoms with van der Waals surface area (Å²) in [4.78, 5) is 23.0. The Balaban J connectivity index is 2.41. The minimum atomic E-state index is -0.962. The maximum Gasteiger partial charge on any atom is 0.304 e. The molecule has 19 heavy (non-hydrogen) atoms. The first-order chi connectivity index (χ1) is 9.02. The van der Waals surface area contributed by atoms with Gasteiger partial charge in [-0.2, -0.15) is 5.10 Å². The van der Waals surface area contributed by atoms with E-state index in [0.29, 0.717) is 5.56 Å². The Kier molecular flexibility index (Phi) is 3.64. The summed E-state index contributed by atoms with van der Waals surface area (Å²) in [6.45, 7) is 3.63. The number of pyridine rings is 1. The van der Waals surface area contributed by atoms with Crippen molar-refractivity contribution < 1.29 is 14.7 Å². The Hall–Kier alpha value is -2.17. The number of carboxylic acid groups (broad SMARTS) is 1. The highest BCUT2D eigenvalue weighted by Crippen LogP contribution is 2.18. The molecule has 0 fully saturated rings. The Morgan fingerprint density at radius 1 is 1.47 bits per heavy atom. The van der Waals surface area contributed by atoms with Crippen LogP contribution in [0.15, 0.2) is 24.4 Å². The molecule has 1 unspecified atom stereocenters. The van der Waals surface area contributed by atoms with Crippen molar-refractivity contribution in [2.45, 2.75) is 26.7 Å². The first kappa shape index (κ1) is 13.3. The molecule has 0 amide bonds. The highest BCUT2D eigenvalue weighted by Gasteiger charge is 2.20. The van der Waals surface area contributed by atoms with Crippen LogP contribution in [-0.2, 0) is 11.2 Å². The Labute approximate surface area is 110 Å². The molecule has 0 aliphatic carbocycles. The molecule has 2 aromatic rings. The fourth-order valence-electron chi connectivity index (χ4n) is 2.07. The van der Waals surface area contributed by atoms with E-state index in [1.165, 1.54) is 0 Å². The van der Waals surface area contributed by atoms with Gasteiger partial charge in [0.15, 0.2) is 5.78 Å². The molecule has 0 bridgehead atoms. The first-order valence-corrected chi connectivity index (χ1v) is 6.26. The van der Waals surface area contributed by atoms with Gasteiger partial charge in [0.05, 0.1) is 17.6 Å². The van der Waals surface area contributed by atoms with Crippen LogP contribution in [0, 0.1) is 5.92 Å². The molecular weight excluding hydrogens is 244 g/mol. The van der Waals surface area contributed by atoms with Crippen LogP contribution in [0.5, 0.6) is 0 Å². The second-order valence-electron chi connectivity index (χ2n) is 4.60. The van der Waals surface area contributed by atoms with Crippen LogP contribution in [-0.4, -0.2) is 26.5 Å². The van der Waals surface area contributed by atoms with Crippen molar-refractivity contribution in [2.75, 3.05) is 0 Å². The standard InChI is InChI=1S/C14H16N2O3/c1-3-10-8-12-11(5-4-6-16(12)15-10)14(19)9(2)7-13(17)18/h4-6,8-9H,3,7H2,1-2H3,(H,17,18). The maximum absolute atomic E-state index is 12.3. The minimum Gasteiger partial charge on any atom is -0.481 e. The van der Waals surface area contributed by atoms with Crippen LogP contribution in [0.2, 0.25) is 0 Å². The fraction of sp³-hybridized carbons (Fsp3) is 0.357. The van der Waals surface area contributed by atoms with Crippen molar-refractivity contribution in [1.82, 2.24) is 9.61 Å². The van der Waals surface area contributed by atoms with Gasteiger partial charge in [0.1, 0.15) is 0 Å². The van der Waals surface area contributed by atoms with Crippen LogP contribution in [0.4, 0.5) is 0 Å². The number of nitrogens with zero attached hydrogens (tertiary/aromatic N) is 2. The average Bonchev–Trinajstić information content (AvgIpc) is 2.79. The van der Waals surface area contributed by atoms with Crippen molar-refractivity contribution in [1.29, 1.82) is 0 Å². The van der Waals surface area contributed by atoms with E-state index >= 15 is 0 Å². The van der Waals surface area contributed by atoms with Gasteiger partial charge in [0, 0.05) is 17.7 Å². The number of aliphatic carboxylic acids is 1. The molecule has 0 saturated heterocycles. The van der Waals surface area contributed by atoms with Crippen LogP contribution in [0.25, 0.3) is 5.52 Å². The first-order valence-electron chi connectivity index (χ1n) is 6.26. The lowest BCUT2D eigenvalue weighted by Crippen LogP contribution is -2.16. The van der Waals surface area contributed by atoms with E-state index < -0.39 is 11.9 Å². The van der Waals surface area contributed by atoms with E-state index in [-0.39, 0.29) is 12.2 Å². The molecule has 2 heterocycles. The molecule has 0 aliphatic heterocycles. The number of fused-ring (bicyclic) bond motifs is 1. The number of ketones is 1. The van der Waals surface area contributed by atoms with E-state index in [1.54, 1.807) is 29.8 Å². The molecule has 0 aliphatic rings. The molecule has 0 saturated carbocycles. The summed E-state index contributed by atoms with van der Waals surface area (Å²) in [6.07, 6.45) is 2.42. The summed E-state index contributed by atoms with van der Waals surface area (Å²) in [7, 11) is 0. The van der Waals surface area contributed by atoms with Crippen molar-refractivity contribution in [2.24, 2.45) is 5.92 Å². The normalized spacial score (nSPS) is 12.5. The predicted octanol–water partition coefficient (Wildman–Crippen LogP) is 2.19. The molecule has 0 spiro atoms. The van der Waals surface area contributed by atoms with E-state index in [1.807, 2.05) is 13.0 Å². The van der Waals surface area contributed by atoms with Gasteiger partial charge in [-0.25, -0.2) is 4.52 Å². The quantitative estimate of drug-likeness (QED) is 0.836. The summed E-state index contributed by atoms with van der Waals surface area (Å²) in [5, 5.41) is 13.1. The fourth-order valence-corrected chi connectivity index (χ4v) is 2.07. The van der Waals surface area contributed by atoms with Gasteiger partial charge >= 0.3 is 5.97 Å². The smallest absolute Gasteiger partial charge is 0.304 e. The van der Waals surface area contributed by atoms with Crippen molar-refractivity contribution in [3.05, 3.63) is 35.7 Å². The Morgan fingerprint density at radius 3 is 2.84 bits per heavy atom. The van der Waals surface area contributed by atoms with Gasteiger partial charge in [-0.15, -0.1) is 0 Å². The highest BCUT2D eigenvalue weighted by atomic mass is 16.4. The van der Waals surface area contributed by atoms with E-state index in [0.717, 1.165) is 17.6 Å². The van der Waals surface area contributed by atoms with Crippen molar-refractivity contribution in [3.8, 4) is 0 Å². The molecule has 1 N–H and O–H groups in total. The van der Waals surface area contributed by atoms with Crippen LogP contribution < -0.4 is 0 Å². The van der Waals surface area contributed by atoms with E-state index in [2.05, 4.69) is 5.10 Å². The molecule has 5 nitrogen and oxygen atoms in total. The number of carboxylic acids is 1. The van der Waals surface area contributed by atoms with Gasteiger partial charge in [-0.3, -0.25) is 9.59 Å². The lowest BCUT2D eigenvalue weighted by atomic mass is 9.96. The molecular formula is C14H16N2O3. The number of aromatic nitrogens is 2. The zero-order valence-electron chi connectivity index (χ0n) is 11.0. The number of Topliss-reactive ketones (excluding diaryl/α,β-unsaturated/α-hetero) is 1. The molecule has 5 heteroatoms. The number of carbonyl (C=O) groups is 2.